The monoisotopic (exact) mass is 370 g/mol. The summed E-state index contributed by atoms with van der Waals surface area (Å²) in [6.07, 6.45) is 1.62. The van der Waals surface area contributed by atoms with E-state index in [1.165, 1.54) is 6.92 Å². The molecule has 0 aliphatic heterocycles. The number of anilines is 1. The maximum atomic E-state index is 11.1. The number of ether oxygens (including phenoxy) is 1. The first-order valence-corrected chi connectivity index (χ1v) is 8.70. The van der Waals surface area contributed by atoms with Gasteiger partial charge in [0.15, 0.2) is 0 Å². The summed E-state index contributed by atoms with van der Waals surface area (Å²) in [6.45, 7) is 7.81. The summed E-state index contributed by atoms with van der Waals surface area (Å²) >= 11 is 0. The maximum Gasteiger partial charge on any atom is 0.328 e. The minimum atomic E-state index is -0.262. The highest BCUT2D eigenvalue weighted by atomic mass is 16.5. The zero-order valence-corrected chi connectivity index (χ0v) is 15.8. The van der Waals surface area contributed by atoms with Crippen LogP contribution < -0.4 is 10.1 Å². The Kier molecular flexibility index (Phi) is 5.54. The highest BCUT2D eigenvalue weighted by Crippen LogP contribution is 2.29. The Balaban J connectivity index is 1.63. The smallest absolute Gasteiger partial charge is 0.328 e. The van der Waals surface area contributed by atoms with Crippen LogP contribution >= 0.6 is 0 Å². The van der Waals surface area contributed by atoms with Gasteiger partial charge in [0.25, 0.3) is 0 Å². The third-order valence-electron chi connectivity index (χ3n) is 3.92. The summed E-state index contributed by atoms with van der Waals surface area (Å²) in [4.78, 5) is 15.2. The van der Waals surface area contributed by atoms with Gasteiger partial charge in [-0.15, -0.1) is 0 Å². The average molecular weight is 370 g/mol. The summed E-state index contributed by atoms with van der Waals surface area (Å²) in [5, 5.41) is 10.3. The summed E-state index contributed by atoms with van der Waals surface area (Å²) in [7, 11) is 0. The van der Waals surface area contributed by atoms with Crippen molar-refractivity contribution < 1.29 is 18.6 Å². The van der Waals surface area contributed by atoms with Crippen molar-refractivity contribution in [3.63, 3.8) is 0 Å². The predicted octanol–water partition coefficient (Wildman–Crippen LogP) is 3.62. The van der Waals surface area contributed by atoms with Gasteiger partial charge in [0.2, 0.25) is 11.7 Å². The molecule has 0 aliphatic rings. The molecule has 0 saturated heterocycles. The van der Waals surface area contributed by atoms with Crippen LogP contribution in [0.4, 0.5) is 6.01 Å². The molecule has 3 aromatic rings. The van der Waals surface area contributed by atoms with Crippen molar-refractivity contribution in [3.05, 3.63) is 40.8 Å². The lowest BCUT2D eigenvalue weighted by Crippen LogP contribution is -2.05. The van der Waals surface area contributed by atoms with Gasteiger partial charge in [0, 0.05) is 25.0 Å². The second-order valence-corrected chi connectivity index (χ2v) is 6.43. The quantitative estimate of drug-likeness (QED) is 0.633. The van der Waals surface area contributed by atoms with E-state index in [2.05, 4.69) is 20.6 Å². The van der Waals surface area contributed by atoms with Crippen molar-refractivity contribution in [2.75, 3.05) is 11.9 Å². The molecule has 3 rings (SSSR count). The molecule has 2 aromatic heterocycles. The van der Waals surface area contributed by atoms with Crippen LogP contribution in [0.2, 0.25) is 0 Å². The summed E-state index contributed by atoms with van der Waals surface area (Å²) in [6, 6.07) is 5.89. The molecule has 0 spiro atoms. The van der Waals surface area contributed by atoms with Crippen LogP contribution in [0.3, 0.4) is 0 Å². The molecule has 1 aromatic carbocycles. The van der Waals surface area contributed by atoms with E-state index in [1.807, 2.05) is 39.0 Å². The molecule has 2 heterocycles. The summed E-state index contributed by atoms with van der Waals surface area (Å²) in [5.74, 6) is 1.86. The van der Waals surface area contributed by atoms with Crippen molar-refractivity contribution >= 4 is 11.9 Å². The van der Waals surface area contributed by atoms with E-state index in [0.29, 0.717) is 12.4 Å². The first-order chi connectivity index (χ1) is 12.9. The highest BCUT2D eigenvalue weighted by molar-refractivity contribution is 5.86. The van der Waals surface area contributed by atoms with E-state index in [4.69, 9.17) is 13.8 Å². The molecule has 0 aliphatic carbocycles. The average Bonchev–Trinajstić information content (AvgIpc) is 3.22. The van der Waals surface area contributed by atoms with Gasteiger partial charge in [-0.2, -0.15) is 4.98 Å². The van der Waals surface area contributed by atoms with Crippen LogP contribution in [0.5, 0.6) is 5.75 Å². The Morgan fingerprint density at radius 3 is 2.48 bits per heavy atom. The van der Waals surface area contributed by atoms with Gasteiger partial charge in [0.05, 0.1) is 12.3 Å². The van der Waals surface area contributed by atoms with Gasteiger partial charge in [-0.25, -0.2) is 0 Å². The summed E-state index contributed by atoms with van der Waals surface area (Å²) < 4.78 is 16.2. The largest absolute Gasteiger partial charge is 0.493 e. The molecule has 8 heteroatoms. The van der Waals surface area contributed by atoms with E-state index in [0.717, 1.165) is 46.7 Å². The Morgan fingerprint density at radius 1 is 1.11 bits per heavy atom. The molecule has 27 heavy (non-hydrogen) atoms. The number of benzene rings is 1. The van der Waals surface area contributed by atoms with Gasteiger partial charge >= 0.3 is 6.01 Å². The second-order valence-electron chi connectivity index (χ2n) is 6.43. The fourth-order valence-electron chi connectivity index (χ4n) is 2.80. The molecule has 0 bridgehead atoms. The normalized spacial score (nSPS) is 10.8. The van der Waals surface area contributed by atoms with Crippen molar-refractivity contribution in [2.24, 2.45) is 0 Å². The molecule has 142 valence electrons. The standard InChI is InChI=1S/C19H22N4O4/c1-11-8-15(18-21-19(27-23-18)20-14(4)24)9-12(2)17(11)25-7-5-6-16-10-13(3)22-26-16/h8-10H,5-7H2,1-4H3,(H,20,21,23,24). The molecule has 0 atom stereocenters. The lowest BCUT2D eigenvalue weighted by atomic mass is 10.1. The molecule has 1 N–H and O–H groups in total. The zero-order chi connectivity index (χ0) is 19.4. The van der Waals surface area contributed by atoms with E-state index >= 15 is 0 Å². The summed E-state index contributed by atoms with van der Waals surface area (Å²) in [5.41, 5.74) is 3.64. The van der Waals surface area contributed by atoms with Crippen LogP contribution in [0.1, 0.15) is 35.9 Å². The topological polar surface area (TPSA) is 103 Å². The van der Waals surface area contributed by atoms with E-state index in [-0.39, 0.29) is 11.9 Å². The van der Waals surface area contributed by atoms with Crippen molar-refractivity contribution in [1.29, 1.82) is 0 Å². The molecule has 0 saturated carbocycles. The van der Waals surface area contributed by atoms with Crippen LogP contribution in [0.15, 0.2) is 27.2 Å². The van der Waals surface area contributed by atoms with Crippen molar-refractivity contribution in [3.8, 4) is 17.1 Å². The predicted molar refractivity (Wildman–Crippen MR) is 98.6 cm³/mol. The number of carbonyl (C=O) groups is 1. The second kappa shape index (κ2) is 8.03. The number of amides is 1. The molecule has 0 radical (unpaired) electrons. The minimum Gasteiger partial charge on any atom is -0.493 e. The zero-order valence-electron chi connectivity index (χ0n) is 15.8. The Morgan fingerprint density at radius 2 is 1.85 bits per heavy atom. The van der Waals surface area contributed by atoms with Gasteiger partial charge in [0.1, 0.15) is 11.5 Å². The SMILES string of the molecule is CC(=O)Nc1nc(-c2cc(C)c(OCCCc3cc(C)no3)c(C)c2)no1. The van der Waals surface area contributed by atoms with Gasteiger partial charge in [-0.05, 0) is 50.5 Å². The first-order valence-electron chi connectivity index (χ1n) is 8.70. The van der Waals surface area contributed by atoms with E-state index in [1.54, 1.807) is 0 Å². The minimum absolute atomic E-state index is 0.0794. The number of carbonyl (C=O) groups excluding carboxylic acids is 1. The van der Waals surface area contributed by atoms with Crippen molar-refractivity contribution in [1.82, 2.24) is 15.3 Å². The molecular formula is C19H22N4O4. The van der Waals surface area contributed by atoms with Crippen LogP contribution in [0.25, 0.3) is 11.4 Å². The molecule has 0 unspecified atom stereocenters. The Labute approximate surface area is 156 Å². The first kappa shape index (κ1) is 18.6. The third-order valence-corrected chi connectivity index (χ3v) is 3.92. The van der Waals surface area contributed by atoms with E-state index in [9.17, 15) is 4.79 Å². The lowest BCUT2D eigenvalue weighted by molar-refractivity contribution is -0.114. The fourth-order valence-corrected chi connectivity index (χ4v) is 2.80. The van der Waals surface area contributed by atoms with Crippen LogP contribution in [0, 0.1) is 20.8 Å². The van der Waals surface area contributed by atoms with E-state index < -0.39 is 0 Å². The van der Waals surface area contributed by atoms with Gasteiger partial charge in [-0.1, -0.05) is 10.3 Å². The number of aromatic nitrogens is 3. The fraction of sp³-hybridized carbons (Fsp3) is 0.368. The molecule has 8 nitrogen and oxygen atoms in total. The molecule has 0 fully saturated rings. The molecular weight excluding hydrogens is 348 g/mol. The number of aryl methyl sites for hydroxylation is 4. The van der Waals surface area contributed by atoms with Gasteiger partial charge < -0.3 is 13.8 Å². The Bertz CT molecular complexity index is 922. The lowest BCUT2D eigenvalue weighted by Gasteiger charge is -2.13. The number of nitrogens with zero attached hydrogens (tertiary/aromatic N) is 3. The number of rotatable bonds is 7. The van der Waals surface area contributed by atoms with Gasteiger partial charge in [-0.3, -0.25) is 10.1 Å². The van der Waals surface area contributed by atoms with Crippen LogP contribution in [-0.2, 0) is 11.2 Å². The highest BCUT2D eigenvalue weighted by Gasteiger charge is 2.13. The van der Waals surface area contributed by atoms with Crippen molar-refractivity contribution in [2.45, 2.75) is 40.5 Å². The number of nitrogens with one attached hydrogen (secondary N) is 1. The number of hydrogen-bond donors (Lipinski definition) is 1. The Hall–Kier alpha value is -3.16. The van der Waals surface area contributed by atoms with Crippen LogP contribution in [-0.4, -0.2) is 27.8 Å². The molecule has 1 amide bonds. The third kappa shape index (κ3) is 4.72. The number of hydrogen-bond acceptors (Lipinski definition) is 7. The maximum absolute atomic E-state index is 11.1.